The van der Waals surface area contributed by atoms with Crippen LogP contribution < -0.4 is 25.8 Å². The van der Waals surface area contributed by atoms with E-state index in [-0.39, 0.29) is 18.4 Å². The van der Waals surface area contributed by atoms with Crippen molar-refractivity contribution in [2.75, 3.05) is 13.7 Å². The Morgan fingerprint density at radius 3 is 2.63 bits per heavy atom. The van der Waals surface area contributed by atoms with Crippen LogP contribution in [0.4, 0.5) is 4.79 Å². The molecule has 0 spiro atoms. The van der Waals surface area contributed by atoms with E-state index >= 15 is 0 Å². The van der Waals surface area contributed by atoms with Crippen LogP contribution in [0.25, 0.3) is 0 Å². The van der Waals surface area contributed by atoms with Crippen LogP contribution in [0, 0.1) is 0 Å². The second-order valence-corrected chi connectivity index (χ2v) is 9.64. The number of amides is 5. The average Bonchev–Trinajstić information content (AvgIpc) is 3.34. The zero-order valence-electron chi connectivity index (χ0n) is 19.1. The summed E-state index contributed by atoms with van der Waals surface area (Å²) in [6, 6.07) is 10.1. The van der Waals surface area contributed by atoms with Gasteiger partial charge in [0, 0.05) is 18.5 Å². The second-order valence-electron chi connectivity index (χ2n) is 9.64. The first kappa shape index (κ1) is 21.5. The topological polar surface area (TPSA) is 140 Å². The van der Waals surface area contributed by atoms with Crippen LogP contribution in [0.3, 0.4) is 0 Å². The summed E-state index contributed by atoms with van der Waals surface area (Å²) in [5, 5.41) is 5.06. The number of fused-ring (bicyclic) bond motifs is 2. The van der Waals surface area contributed by atoms with Crippen LogP contribution in [-0.2, 0) is 28.0 Å². The highest BCUT2D eigenvalue weighted by atomic mass is 16.5. The number of nitrogens with two attached hydrogens (primary N) is 1. The molecule has 35 heavy (non-hydrogen) atoms. The van der Waals surface area contributed by atoms with Gasteiger partial charge in [0.25, 0.3) is 11.8 Å². The predicted octanol–water partition coefficient (Wildman–Crippen LogP) is 0.750. The maximum atomic E-state index is 13.2. The van der Waals surface area contributed by atoms with Gasteiger partial charge in [0.05, 0.1) is 19.1 Å². The van der Waals surface area contributed by atoms with E-state index < -0.39 is 29.0 Å². The lowest BCUT2D eigenvalue weighted by Gasteiger charge is -2.34. The smallest absolute Gasteiger partial charge is 0.322 e. The highest BCUT2D eigenvalue weighted by molar-refractivity contribution is 6.08. The van der Waals surface area contributed by atoms with Crippen LogP contribution in [0.1, 0.15) is 39.9 Å². The normalized spacial score (nSPS) is 25.5. The molecule has 1 saturated heterocycles. The highest BCUT2D eigenvalue weighted by Crippen LogP contribution is 2.49. The molecule has 0 bridgehead atoms. The molecule has 4 N–H and O–H groups in total. The molecular formula is C25H24N4O6. The molecule has 3 aliphatic heterocycles. The second kappa shape index (κ2) is 7.21. The molecule has 1 unspecified atom stereocenters. The monoisotopic (exact) mass is 476 g/mol. The van der Waals surface area contributed by atoms with Gasteiger partial charge in [-0.05, 0) is 47.7 Å². The van der Waals surface area contributed by atoms with Crippen LogP contribution in [-0.4, -0.2) is 54.0 Å². The number of urea groups is 1. The minimum Gasteiger partial charge on any atom is -0.497 e. The van der Waals surface area contributed by atoms with Gasteiger partial charge in [-0.25, -0.2) is 4.79 Å². The van der Waals surface area contributed by atoms with E-state index in [0.29, 0.717) is 42.9 Å². The van der Waals surface area contributed by atoms with Gasteiger partial charge in [-0.2, -0.15) is 0 Å². The maximum Gasteiger partial charge on any atom is 0.322 e. The highest BCUT2D eigenvalue weighted by Gasteiger charge is 2.57. The van der Waals surface area contributed by atoms with Crippen molar-refractivity contribution >= 4 is 23.8 Å². The molecule has 180 valence electrons. The van der Waals surface area contributed by atoms with E-state index in [0.717, 1.165) is 16.7 Å². The summed E-state index contributed by atoms with van der Waals surface area (Å²) in [5.74, 6) is -0.00107. The SMILES string of the molecule is COc1ccc2c(c1)C(=O)N(C[C@@]1(C3Cc4cc(C5(C(N)=O)CC5)ccc4O3)NC(=O)NC1=O)C2. The third-order valence-electron chi connectivity index (χ3n) is 7.66. The van der Waals surface area contributed by atoms with Gasteiger partial charge in [0.2, 0.25) is 5.91 Å². The number of nitrogens with zero attached hydrogens (tertiary/aromatic N) is 1. The van der Waals surface area contributed by atoms with Crippen molar-refractivity contribution in [2.24, 2.45) is 5.73 Å². The summed E-state index contributed by atoms with van der Waals surface area (Å²) in [4.78, 5) is 52.1. The van der Waals surface area contributed by atoms with Gasteiger partial charge >= 0.3 is 6.03 Å². The predicted molar refractivity (Wildman–Crippen MR) is 122 cm³/mol. The zero-order valence-corrected chi connectivity index (χ0v) is 19.1. The van der Waals surface area contributed by atoms with Crippen molar-refractivity contribution in [3.8, 4) is 11.5 Å². The quantitative estimate of drug-likeness (QED) is 0.526. The summed E-state index contributed by atoms with van der Waals surface area (Å²) in [6.45, 7) is 0.241. The number of primary amides is 1. The third kappa shape index (κ3) is 3.09. The first-order valence-corrected chi connectivity index (χ1v) is 11.5. The Morgan fingerprint density at radius 1 is 1.17 bits per heavy atom. The molecule has 2 aromatic rings. The Kier molecular flexibility index (Phi) is 4.42. The van der Waals surface area contributed by atoms with Gasteiger partial charge in [-0.15, -0.1) is 0 Å². The molecule has 4 aliphatic rings. The van der Waals surface area contributed by atoms with Crippen molar-refractivity contribution in [1.82, 2.24) is 15.5 Å². The number of imide groups is 1. The van der Waals surface area contributed by atoms with Gasteiger partial charge in [0.15, 0.2) is 5.54 Å². The Morgan fingerprint density at radius 2 is 1.97 bits per heavy atom. The van der Waals surface area contributed by atoms with Crippen molar-refractivity contribution < 1.29 is 28.7 Å². The van der Waals surface area contributed by atoms with Crippen molar-refractivity contribution in [1.29, 1.82) is 0 Å². The van der Waals surface area contributed by atoms with E-state index in [1.165, 1.54) is 7.11 Å². The van der Waals surface area contributed by atoms with Crippen molar-refractivity contribution in [3.05, 3.63) is 58.7 Å². The van der Waals surface area contributed by atoms with E-state index in [4.69, 9.17) is 15.2 Å². The number of carbonyl (C=O) groups is 4. The fourth-order valence-corrected chi connectivity index (χ4v) is 5.46. The minimum atomic E-state index is -1.47. The van der Waals surface area contributed by atoms with Crippen LogP contribution >= 0.6 is 0 Å². The van der Waals surface area contributed by atoms with Gasteiger partial charge in [0.1, 0.15) is 17.6 Å². The number of rotatable bonds is 6. The average molecular weight is 476 g/mol. The summed E-state index contributed by atoms with van der Waals surface area (Å²) < 4.78 is 11.4. The first-order valence-electron chi connectivity index (χ1n) is 11.5. The van der Waals surface area contributed by atoms with Gasteiger partial charge in [-0.1, -0.05) is 18.2 Å². The molecular weight excluding hydrogens is 452 g/mol. The lowest BCUT2D eigenvalue weighted by Crippen LogP contribution is -2.64. The molecule has 2 aromatic carbocycles. The van der Waals surface area contributed by atoms with E-state index in [9.17, 15) is 19.2 Å². The summed E-state index contributed by atoms with van der Waals surface area (Å²) in [6.07, 6.45) is 0.995. The van der Waals surface area contributed by atoms with Gasteiger partial charge < -0.3 is 25.4 Å². The third-order valence-corrected chi connectivity index (χ3v) is 7.66. The van der Waals surface area contributed by atoms with Gasteiger partial charge in [-0.3, -0.25) is 19.7 Å². The molecule has 6 rings (SSSR count). The van der Waals surface area contributed by atoms with Crippen LogP contribution in [0.5, 0.6) is 11.5 Å². The number of nitrogens with one attached hydrogen (secondary N) is 2. The minimum absolute atomic E-state index is 0.0584. The fraction of sp³-hybridized carbons (Fsp3) is 0.360. The molecule has 2 atom stereocenters. The molecule has 0 aromatic heterocycles. The van der Waals surface area contributed by atoms with E-state index in [2.05, 4.69) is 10.6 Å². The Labute approximate surface area is 200 Å². The fourth-order valence-electron chi connectivity index (χ4n) is 5.46. The number of ether oxygens (including phenoxy) is 2. The molecule has 1 saturated carbocycles. The summed E-state index contributed by atoms with van der Waals surface area (Å²) in [5.41, 5.74) is 6.50. The number of benzene rings is 2. The van der Waals surface area contributed by atoms with E-state index in [1.54, 1.807) is 23.1 Å². The zero-order chi connectivity index (χ0) is 24.5. The summed E-state index contributed by atoms with van der Waals surface area (Å²) >= 11 is 0. The number of methoxy groups -OCH3 is 1. The maximum absolute atomic E-state index is 13.2. The number of carbonyl (C=O) groups excluding carboxylic acids is 4. The Balaban J connectivity index is 1.30. The summed E-state index contributed by atoms with van der Waals surface area (Å²) in [7, 11) is 1.53. The van der Waals surface area contributed by atoms with Crippen LogP contribution in [0.2, 0.25) is 0 Å². The molecule has 10 nitrogen and oxygen atoms in total. The van der Waals surface area contributed by atoms with Crippen molar-refractivity contribution in [3.63, 3.8) is 0 Å². The molecule has 0 radical (unpaired) electrons. The largest absolute Gasteiger partial charge is 0.497 e. The molecule has 5 amide bonds. The lowest BCUT2D eigenvalue weighted by atomic mass is 9.87. The first-order chi connectivity index (χ1) is 16.8. The standard InChI is InChI=1S/C25H24N4O6/c1-34-16-4-2-13-11-29(20(30)17(13)10-16)12-25(22(32)27-23(33)28-25)19-9-14-8-15(3-5-18(14)35-19)24(6-7-24)21(26)31/h2-5,8,10,19H,6-7,9,11-12H2,1H3,(H2,26,31)(H2,27,28,32,33)/t19?,25-/m0/s1. The molecule has 2 fully saturated rings. The lowest BCUT2D eigenvalue weighted by molar-refractivity contribution is -0.127. The number of hydrogen-bond acceptors (Lipinski definition) is 6. The number of hydrogen-bond donors (Lipinski definition) is 3. The molecule has 3 heterocycles. The Hall–Kier alpha value is -4.08. The Bertz CT molecular complexity index is 1320. The van der Waals surface area contributed by atoms with Crippen molar-refractivity contribution in [2.45, 2.75) is 42.9 Å². The molecule has 1 aliphatic carbocycles. The van der Waals surface area contributed by atoms with E-state index in [1.807, 2.05) is 18.2 Å². The van der Waals surface area contributed by atoms with Crippen LogP contribution in [0.15, 0.2) is 36.4 Å². The molecule has 10 heteroatoms.